The number of aromatic nitrogens is 1. The summed E-state index contributed by atoms with van der Waals surface area (Å²) in [5, 5.41) is 2.69. The molecule has 0 aliphatic rings. The van der Waals surface area contributed by atoms with Crippen molar-refractivity contribution in [3.05, 3.63) is 82.9 Å². The summed E-state index contributed by atoms with van der Waals surface area (Å²) in [5.74, 6) is 0. The van der Waals surface area contributed by atoms with Crippen LogP contribution in [0.5, 0.6) is 0 Å². The number of hydrogen-bond acceptors (Lipinski definition) is 0. The topological polar surface area (TPSA) is 4.93 Å². The summed E-state index contributed by atoms with van der Waals surface area (Å²) in [4.78, 5) is 0. The lowest BCUT2D eigenvalue weighted by Crippen LogP contribution is -2.19. The fraction of sp³-hybridized carbons (Fsp3) is 0.333. The first-order valence-corrected chi connectivity index (χ1v) is 10.2. The Bertz CT molecular complexity index is 1170. The van der Waals surface area contributed by atoms with Crippen LogP contribution in [0.15, 0.2) is 60.7 Å². The van der Waals surface area contributed by atoms with Crippen LogP contribution in [0.25, 0.3) is 21.8 Å². The third kappa shape index (κ3) is 2.94. The van der Waals surface area contributed by atoms with Gasteiger partial charge in [0.15, 0.2) is 0 Å². The van der Waals surface area contributed by atoms with Gasteiger partial charge in [-0.3, -0.25) is 0 Å². The predicted octanol–water partition coefficient (Wildman–Crippen LogP) is 7.26. The third-order valence-electron chi connectivity index (χ3n) is 6.36. The van der Waals surface area contributed by atoms with Gasteiger partial charge >= 0.3 is 0 Å². The molecular weight excluding hydrogens is 338 g/mol. The van der Waals surface area contributed by atoms with Gasteiger partial charge in [-0.25, -0.2) is 0 Å². The molecule has 1 heterocycles. The summed E-state index contributed by atoms with van der Waals surface area (Å²) in [5.41, 5.74) is 8.13. The van der Waals surface area contributed by atoms with E-state index in [-0.39, 0.29) is 10.8 Å². The Kier molecular flexibility index (Phi) is 4.19. The first-order valence-electron chi connectivity index (χ1n) is 10.2. The Morgan fingerprint density at radius 3 is 1.71 bits per heavy atom. The van der Waals surface area contributed by atoms with Crippen molar-refractivity contribution in [1.29, 1.82) is 0 Å². The van der Waals surface area contributed by atoms with Crippen LogP contribution in [0.4, 0.5) is 0 Å². The van der Waals surface area contributed by atoms with Crippen molar-refractivity contribution in [1.82, 2.24) is 4.57 Å². The first-order chi connectivity index (χ1) is 13.1. The first kappa shape index (κ1) is 18.8. The van der Waals surface area contributed by atoms with E-state index in [0.717, 1.165) is 0 Å². The van der Waals surface area contributed by atoms with Crippen molar-refractivity contribution in [3.63, 3.8) is 0 Å². The quantitative estimate of drug-likeness (QED) is 0.350. The van der Waals surface area contributed by atoms with Gasteiger partial charge < -0.3 is 4.57 Å². The maximum atomic E-state index is 2.40. The number of hydrogen-bond donors (Lipinski definition) is 0. The SMILES string of the molecule is Cc1ccc2c(c1)c1cc(C(C)(C)c3ccc(C(C)(C)C)cc3)ccc1n2C. The molecule has 0 atom stereocenters. The molecule has 0 N–H and O–H groups in total. The Hall–Kier alpha value is -2.54. The average Bonchev–Trinajstić information content (AvgIpc) is 2.92. The van der Waals surface area contributed by atoms with E-state index < -0.39 is 0 Å². The smallest absolute Gasteiger partial charge is 0.0488 e. The second kappa shape index (κ2) is 6.24. The molecule has 0 fully saturated rings. The zero-order valence-corrected chi connectivity index (χ0v) is 18.2. The molecule has 4 rings (SSSR count). The van der Waals surface area contributed by atoms with Crippen LogP contribution in [0.1, 0.15) is 56.9 Å². The van der Waals surface area contributed by atoms with Gasteiger partial charge in [-0.15, -0.1) is 0 Å². The molecule has 0 aliphatic carbocycles. The normalized spacial score (nSPS) is 12.8. The molecule has 144 valence electrons. The Morgan fingerprint density at radius 2 is 1.11 bits per heavy atom. The average molecular weight is 370 g/mol. The van der Waals surface area contributed by atoms with E-state index in [9.17, 15) is 0 Å². The molecule has 0 unspecified atom stereocenters. The molecule has 3 aromatic carbocycles. The monoisotopic (exact) mass is 369 g/mol. The zero-order chi connectivity index (χ0) is 20.3. The van der Waals surface area contributed by atoms with Crippen LogP contribution in [0.3, 0.4) is 0 Å². The van der Waals surface area contributed by atoms with E-state index in [1.807, 2.05) is 0 Å². The van der Waals surface area contributed by atoms with Crippen LogP contribution in [0, 0.1) is 6.92 Å². The van der Waals surface area contributed by atoms with Crippen LogP contribution in [-0.4, -0.2) is 4.57 Å². The molecule has 0 bridgehead atoms. The highest BCUT2D eigenvalue weighted by atomic mass is 14.9. The van der Waals surface area contributed by atoms with Crippen molar-refractivity contribution in [2.75, 3.05) is 0 Å². The summed E-state index contributed by atoms with van der Waals surface area (Å²) in [6.45, 7) is 13.6. The van der Waals surface area contributed by atoms with Gasteiger partial charge in [0.05, 0.1) is 0 Å². The van der Waals surface area contributed by atoms with Crippen LogP contribution in [0.2, 0.25) is 0 Å². The van der Waals surface area contributed by atoms with E-state index in [1.165, 1.54) is 44.1 Å². The summed E-state index contributed by atoms with van der Waals surface area (Å²) in [7, 11) is 2.16. The van der Waals surface area contributed by atoms with Gasteiger partial charge in [-0.05, 0) is 53.3 Å². The molecule has 0 spiro atoms. The van der Waals surface area contributed by atoms with Crippen LogP contribution < -0.4 is 0 Å². The number of rotatable bonds is 2. The summed E-state index contributed by atoms with van der Waals surface area (Å²) in [6, 6.07) is 22.9. The van der Waals surface area contributed by atoms with Crippen molar-refractivity contribution in [3.8, 4) is 0 Å². The molecule has 1 nitrogen and oxygen atoms in total. The Labute approximate surface area is 169 Å². The largest absolute Gasteiger partial charge is 0.344 e. The van der Waals surface area contributed by atoms with Gasteiger partial charge in [0.1, 0.15) is 0 Å². The lowest BCUT2D eigenvalue weighted by Gasteiger charge is -2.28. The number of benzene rings is 3. The van der Waals surface area contributed by atoms with E-state index in [1.54, 1.807) is 0 Å². The standard InChI is InChI=1S/C27H31N/c1-18-8-14-24-22(16-18)23-17-21(13-15-25(23)28(24)7)27(5,6)20-11-9-19(10-12-20)26(2,3)4/h8-17H,1-7H3. The highest BCUT2D eigenvalue weighted by molar-refractivity contribution is 6.08. The minimum absolute atomic E-state index is 0.0450. The maximum absolute atomic E-state index is 2.40. The van der Waals surface area contributed by atoms with E-state index >= 15 is 0 Å². The molecule has 1 aromatic heterocycles. The van der Waals surface area contributed by atoms with Gasteiger partial charge in [-0.1, -0.05) is 76.6 Å². The van der Waals surface area contributed by atoms with Crippen molar-refractivity contribution < 1.29 is 0 Å². The van der Waals surface area contributed by atoms with E-state index in [4.69, 9.17) is 0 Å². The van der Waals surface area contributed by atoms with Crippen LogP contribution in [-0.2, 0) is 17.9 Å². The molecule has 0 aliphatic heterocycles. The Balaban J connectivity index is 1.85. The zero-order valence-electron chi connectivity index (χ0n) is 18.2. The molecule has 0 amide bonds. The number of nitrogens with zero attached hydrogens (tertiary/aromatic N) is 1. The molecule has 0 radical (unpaired) electrons. The predicted molar refractivity (Wildman–Crippen MR) is 122 cm³/mol. The fourth-order valence-corrected chi connectivity index (χ4v) is 4.27. The number of aryl methyl sites for hydroxylation is 2. The molecule has 28 heavy (non-hydrogen) atoms. The fourth-order valence-electron chi connectivity index (χ4n) is 4.27. The molecule has 0 saturated carbocycles. The summed E-state index contributed by atoms with van der Waals surface area (Å²) in [6.07, 6.45) is 0. The Morgan fingerprint density at radius 1 is 0.607 bits per heavy atom. The molecule has 4 aromatic rings. The molecular formula is C27H31N. The number of fused-ring (bicyclic) bond motifs is 3. The van der Waals surface area contributed by atoms with Gasteiger partial charge in [0.2, 0.25) is 0 Å². The van der Waals surface area contributed by atoms with Gasteiger partial charge in [0.25, 0.3) is 0 Å². The summed E-state index contributed by atoms with van der Waals surface area (Å²) >= 11 is 0. The minimum Gasteiger partial charge on any atom is -0.344 e. The summed E-state index contributed by atoms with van der Waals surface area (Å²) < 4.78 is 2.30. The van der Waals surface area contributed by atoms with Crippen molar-refractivity contribution in [2.45, 2.75) is 52.4 Å². The van der Waals surface area contributed by atoms with Crippen molar-refractivity contribution in [2.24, 2.45) is 7.05 Å². The van der Waals surface area contributed by atoms with Gasteiger partial charge in [0, 0.05) is 34.3 Å². The lowest BCUT2D eigenvalue weighted by molar-refractivity contribution is 0.587. The maximum Gasteiger partial charge on any atom is 0.0488 e. The third-order valence-corrected chi connectivity index (χ3v) is 6.36. The van der Waals surface area contributed by atoms with E-state index in [0.29, 0.717) is 0 Å². The molecule has 1 heteroatoms. The highest BCUT2D eigenvalue weighted by Crippen LogP contribution is 2.37. The minimum atomic E-state index is -0.0450. The van der Waals surface area contributed by atoms with Gasteiger partial charge in [-0.2, -0.15) is 0 Å². The highest BCUT2D eigenvalue weighted by Gasteiger charge is 2.25. The van der Waals surface area contributed by atoms with Crippen LogP contribution >= 0.6 is 0 Å². The molecule has 0 saturated heterocycles. The lowest BCUT2D eigenvalue weighted by atomic mass is 9.76. The van der Waals surface area contributed by atoms with E-state index in [2.05, 4.69) is 114 Å². The second-order valence-corrected chi connectivity index (χ2v) is 9.76. The second-order valence-electron chi connectivity index (χ2n) is 9.76. The van der Waals surface area contributed by atoms with Crippen molar-refractivity contribution >= 4 is 21.8 Å².